The zero-order valence-electron chi connectivity index (χ0n) is 35.7. The van der Waals surface area contributed by atoms with Gasteiger partial charge in [-0.15, -0.1) is 22.1 Å². The maximum atomic E-state index is 11.9. The minimum absolute atomic E-state index is 0. The van der Waals surface area contributed by atoms with Crippen LogP contribution in [0.15, 0.2) is 71.9 Å². The summed E-state index contributed by atoms with van der Waals surface area (Å²) in [7, 11) is 0. The molecule has 1 atom stereocenters. The molecule has 0 radical (unpaired) electrons. The topological polar surface area (TPSA) is 154 Å². The van der Waals surface area contributed by atoms with Gasteiger partial charge in [0, 0.05) is 34.6 Å². The number of hydrogen-bond donors (Lipinski definition) is 1. The van der Waals surface area contributed by atoms with Crippen LogP contribution in [0, 0.1) is 13.8 Å². The van der Waals surface area contributed by atoms with Crippen molar-refractivity contribution < 1.29 is 42.0 Å². The number of allylic oxidation sites excluding steroid dienone is 11. The van der Waals surface area contributed by atoms with Crippen molar-refractivity contribution in [3.63, 3.8) is 0 Å². The number of aryl methyl sites for hydroxylation is 3. The van der Waals surface area contributed by atoms with Crippen molar-refractivity contribution in [3.05, 3.63) is 117 Å². The van der Waals surface area contributed by atoms with Crippen molar-refractivity contribution in [2.24, 2.45) is 0 Å². The van der Waals surface area contributed by atoms with Crippen molar-refractivity contribution in [3.8, 4) is 0 Å². The van der Waals surface area contributed by atoms with Crippen LogP contribution < -0.4 is 20.2 Å². The Morgan fingerprint density at radius 3 is 1.86 bits per heavy atom. The Balaban J connectivity index is 0.00000769. The van der Waals surface area contributed by atoms with E-state index in [1.165, 1.54) is 16.7 Å². The molecule has 1 N–H and O–H groups in total. The zero-order chi connectivity index (χ0) is 42.3. The average molecular weight is 837 g/mol. The normalized spacial score (nSPS) is 13.7. The van der Waals surface area contributed by atoms with E-state index in [0.717, 1.165) is 70.2 Å². The van der Waals surface area contributed by atoms with Gasteiger partial charge in [-0.25, -0.2) is 9.97 Å². The number of hydrogen-bond acceptors (Lipinski definition) is 7. The first-order chi connectivity index (χ1) is 27.6. The van der Waals surface area contributed by atoms with E-state index >= 15 is 0 Å². The number of carbonyl (C=O) groups excluding carboxylic acids is 2. The summed E-state index contributed by atoms with van der Waals surface area (Å²) in [6.07, 6.45) is 13.1. The predicted octanol–water partition coefficient (Wildman–Crippen LogP) is 8.68. The molecule has 9 nitrogen and oxygen atoms in total. The minimum Gasteiger partial charge on any atom is -0.657 e. The van der Waals surface area contributed by atoms with Crippen LogP contribution in [0.4, 0.5) is 0 Å². The van der Waals surface area contributed by atoms with Gasteiger partial charge in [0.25, 0.3) is 0 Å². The van der Waals surface area contributed by atoms with Gasteiger partial charge < -0.3 is 34.9 Å². The number of aliphatic carboxylic acids is 2. The second-order valence-electron chi connectivity index (χ2n) is 15.9. The van der Waals surface area contributed by atoms with E-state index < -0.39 is 18.0 Å². The molecule has 3 aromatic heterocycles. The van der Waals surface area contributed by atoms with E-state index in [1.807, 2.05) is 45.9 Å². The maximum Gasteiger partial charge on any atom is 0.0783 e. The molecule has 0 saturated carbocycles. The molecule has 10 heteroatoms. The third-order valence-corrected chi connectivity index (χ3v) is 11.2. The van der Waals surface area contributed by atoms with E-state index in [0.29, 0.717) is 57.7 Å². The van der Waals surface area contributed by atoms with Crippen molar-refractivity contribution in [1.29, 1.82) is 0 Å². The van der Waals surface area contributed by atoms with E-state index in [-0.39, 0.29) is 42.8 Å². The standard InChI is InChI=1S/C49H60N4O5.Fe/c1-10-35-31(6)40-26-45-49(46(54)19-13-18-30(5)17-12-16-29(4)15-11-14-28(2)3)34(9)41(53-45)24-38-32(7)36(20-22-47(55)56)43(51-38)27-44-37(21-23-48(57)58)33(8)39(52-44)25-42(35)50-40;/h10,14,16,18,24-27,46,54H,1,11-13,15,17,19-23H2,2-9H3,(H4,50,51,52,53,55,56,57,58);/p-4/b29-16+,30-18+,38-24?,39-25?,40-26?,41-24?,42-25?,43-27?,44-27?,45-26?;/t46-;/m0./s1. The summed E-state index contributed by atoms with van der Waals surface area (Å²) in [6, 6.07) is 7.48. The van der Waals surface area contributed by atoms with Crippen molar-refractivity contribution in [2.45, 2.75) is 126 Å². The largest absolute Gasteiger partial charge is 0.657 e. The second kappa shape index (κ2) is 20.8. The Morgan fingerprint density at radius 2 is 1.22 bits per heavy atom. The van der Waals surface area contributed by atoms with Gasteiger partial charge in [-0.05, 0) is 142 Å². The molecule has 0 aromatic carbocycles. The van der Waals surface area contributed by atoms with E-state index in [4.69, 9.17) is 19.9 Å². The van der Waals surface area contributed by atoms with Crippen molar-refractivity contribution >= 4 is 56.3 Å². The van der Waals surface area contributed by atoms with E-state index in [9.17, 15) is 24.9 Å². The van der Waals surface area contributed by atoms with Gasteiger partial charge in [-0.3, -0.25) is 0 Å². The molecule has 2 aliphatic rings. The third-order valence-electron chi connectivity index (χ3n) is 11.2. The Labute approximate surface area is 359 Å². The van der Waals surface area contributed by atoms with Gasteiger partial charge in [-0.1, -0.05) is 88.6 Å². The van der Waals surface area contributed by atoms with Crippen LogP contribution in [0.1, 0.15) is 150 Å². The maximum absolute atomic E-state index is 11.9. The summed E-state index contributed by atoms with van der Waals surface area (Å²) < 4.78 is 0. The quantitative estimate of drug-likeness (QED) is 0.104. The molecular formula is C49H56FeN4O5-4. The molecular weight excluding hydrogens is 780 g/mol. The van der Waals surface area contributed by atoms with Gasteiger partial charge in [0.1, 0.15) is 0 Å². The monoisotopic (exact) mass is 836 g/mol. The van der Waals surface area contributed by atoms with Gasteiger partial charge in [-0.2, -0.15) is 0 Å². The molecule has 0 aliphatic carbocycles. The Kier molecular flexibility index (Phi) is 16.4. The van der Waals surface area contributed by atoms with Crippen molar-refractivity contribution in [1.82, 2.24) is 19.9 Å². The number of carbonyl (C=O) groups is 2. The fourth-order valence-electron chi connectivity index (χ4n) is 7.74. The first kappa shape index (κ1) is 46.7. The number of nitrogens with zero attached hydrogens (tertiary/aromatic N) is 4. The molecule has 0 amide bonds. The van der Waals surface area contributed by atoms with Gasteiger partial charge in [0.15, 0.2) is 0 Å². The van der Waals surface area contributed by atoms with Gasteiger partial charge in [0.2, 0.25) is 0 Å². The minimum atomic E-state index is -1.17. The average Bonchev–Trinajstić information content (AvgIpc) is 3.82. The summed E-state index contributed by atoms with van der Waals surface area (Å²) in [6.45, 7) is 20.4. The number of aliphatic hydroxyl groups is 1. The molecule has 5 heterocycles. The molecule has 314 valence electrons. The van der Waals surface area contributed by atoms with Crippen LogP contribution in [0.3, 0.4) is 0 Å². The van der Waals surface area contributed by atoms with Crippen LogP contribution >= 0.6 is 0 Å². The van der Waals surface area contributed by atoms with Crippen LogP contribution in [-0.2, 0) is 33.1 Å². The number of carboxylic acid groups (broad SMARTS) is 2. The number of aliphatic hydroxyl groups excluding tert-OH is 1. The molecule has 5 rings (SSSR count). The first-order valence-corrected chi connectivity index (χ1v) is 20.3. The summed E-state index contributed by atoms with van der Waals surface area (Å²) in [5, 5.41) is 35.1. The molecule has 2 aliphatic heterocycles. The Bertz CT molecular complexity index is 2430. The smallest absolute Gasteiger partial charge is 0.0783 e. The summed E-state index contributed by atoms with van der Waals surface area (Å²) in [5.41, 5.74) is 15.3. The molecule has 0 spiro atoms. The van der Waals surface area contributed by atoms with Crippen LogP contribution in [0.2, 0.25) is 0 Å². The molecule has 3 aromatic rings. The Morgan fingerprint density at radius 1 is 0.695 bits per heavy atom. The molecule has 0 saturated heterocycles. The van der Waals surface area contributed by atoms with Gasteiger partial charge >= 0.3 is 0 Å². The SMILES string of the molecule is C=CC1=C(C)c2cc3[n-]c(cc4nc(cc5[n-]c(cc1n2)c(C)c5CCC(=O)[O-])C(CCC(=O)[O-])=C4C)c(C)c3[C@@H](O)CC/C=C(\C)CC/C=C(\C)CCC=C(C)C.[Fe]. The van der Waals surface area contributed by atoms with Crippen LogP contribution in [0.5, 0.6) is 0 Å². The number of rotatable bonds is 17. The van der Waals surface area contributed by atoms with Crippen molar-refractivity contribution in [2.75, 3.05) is 0 Å². The predicted molar refractivity (Wildman–Crippen MR) is 231 cm³/mol. The van der Waals surface area contributed by atoms with Gasteiger partial charge in [0.05, 0.1) is 28.9 Å². The molecule has 0 unspecified atom stereocenters. The molecule has 0 fully saturated rings. The van der Waals surface area contributed by atoms with Crippen LogP contribution in [0.25, 0.3) is 44.4 Å². The molecule has 59 heavy (non-hydrogen) atoms. The number of aromatic nitrogens is 4. The Hall–Kier alpha value is -5.02. The second-order valence-corrected chi connectivity index (χ2v) is 15.9. The fourth-order valence-corrected chi connectivity index (χ4v) is 7.74. The number of fused-ring (bicyclic) bond motifs is 8. The molecule has 8 bridgehead atoms. The van der Waals surface area contributed by atoms with E-state index in [1.54, 1.807) is 12.1 Å². The van der Waals surface area contributed by atoms with E-state index in [2.05, 4.69) is 52.5 Å². The fraction of sp³-hybridized carbons (Fsp3) is 0.388. The zero-order valence-corrected chi connectivity index (χ0v) is 36.8. The summed E-state index contributed by atoms with van der Waals surface area (Å²) in [5.74, 6) is -2.34. The first-order valence-electron chi connectivity index (χ1n) is 20.3. The number of carboxylic acids is 2. The summed E-state index contributed by atoms with van der Waals surface area (Å²) in [4.78, 5) is 43.3. The summed E-state index contributed by atoms with van der Waals surface area (Å²) >= 11 is 0. The third kappa shape index (κ3) is 11.6. The van der Waals surface area contributed by atoms with Crippen LogP contribution in [-0.4, -0.2) is 27.0 Å².